The molecule has 3 heterocycles. The van der Waals surface area contributed by atoms with Crippen LogP contribution in [0.5, 0.6) is 5.75 Å². The molecule has 4 aromatic rings. The maximum absolute atomic E-state index is 12.9. The highest BCUT2D eigenvalue weighted by Crippen LogP contribution is 2.30. The van der Waals surface area contributed by atoms with E-state index in [9.17, 15) is 18.0 Å². The van der Waals surface area contributed by atoms with Gasteiger partial charge in [-0.25, -0.2) is 14.5 Å². The third-order valence-corrected chi connectivity index (χ3v) is 5.68. The van der Waals surface area contributed by atoms with Crippen LogP contribution in [0, 0.1) is 13.8 Å². The highest BCUT2D eigenvalue weighted by Gasteiger charge is 2.37. The predicted octanol–water partition coefficient (Wildman–Crippen LogP) is 3.95. The molecule has 0 atom stereocenters. The summed E-state index contributed by atoms with van der Waals surface area (Å²) in [6.07, 6.45) is -4.27. The lowest BCUT2D eigenvalue weighted by atomic mass is 10.1. The van der Waals surface area contributed by atoms with Crippen molar-refractivity contribution in [2.75, 3.05) is 12.4 Å². The Labute approximate surface area is 178 Å². The van der Waals surface area contributed by atoms with Gasteiger partial charge >= 0.3 is 6.18 Å². The number of carbonyl (C=O) groups excluding carboxylic acids is 1. The van der Waals surface area contributed by atoms with Crippen LogP contribution < -0.4 is 10.1 Å². The lowest BCUT2D eigenvalue weighted by Gasteiger charge is -2.10. The summed E-state index contributed by atoms with van der Waals surface area (Å²) >= 11 is 1.33. The number of fused-ring (bicyclic) bond motifs is 2. The van der Waals surface area contributed by atoms with Crippen LogP contribution in [-0.4, -0.2) is 37.6 Å². The summed E-state index contributed by atoms with van der Waals surface area (Å²) in [5.41, 5.74) is 2.36. The summed E-state index contributed by atoms with van der Waals surface area (Å²) in [6.45, 7) is 3.30. The van der Waals surface area contributed by atoms with Crippen LogP contribution in [0.4, 0.5) is 18.3 Å². The molecule has 0 unspecified atom stereocenters. The maximum atomic E-state index is 12.9. The van der Waals surface area contributed by atoms with Crippen molar-refractivity contribution in [1.82, 2.24) is 24.6 Å². The first-order chi connectivity index (χ1) is 14.7. The minimum atomic E-state index is -4.66. The minimum absolute atomic E-state index is 0.106. The van der Waals surface area contributed by atoms with Gasteiger partial charge in [-0.1, -0.05) is 11.3 Å². The molecule has 0 aliphatic heterocycles. The molecule has 1 amide bonds. The molecule has 162 valence electrons. The molecule has 0 bridgehead atoms. The Morgan fingerprint density at radius 1 is 1.23 bits per heavy atom. The number of rotatable bonds is 5. The number of benzene rings is 1. The number of hydrogen-bond donors (Lipinski definition) is 1. The number of methoxy groups -OCH3 is 1. The highest BCUT2D eigenvalue weighted by molar-refractivity contribution is 7.22. The number of nitrogens with zero attached hydrogens (tertiary/aromatic N) is 5. The molecule has 8 nitrogen and oxygen atoms in total. The molecule has 12 heteroatoms. The molecule has 0 fully saturated rings. The summed E-state index contributed by atoms with van der Waals surface area (Å²) in [7, 11) is 1.57. The van der Waals surface area contributed by atoms with E-state index in [1.54, 1.807) is 33.1 Å². The maximum Gasteiger partial charge on any atom is 0.453 e. The van der Waals surface area contributed by atoms with Gasteiger partial charge in [-0.05, 0) is 44.0 Å². The van der Waals surface area contributed by atoms with Gasteiger partial charge in [0.15, 0.2) is 5.13 Å². The quantitative estimate of drug-likeness (QED) is 0.495. The number of aromatic nitrogens is 5. The largest absolute Gasteiger partial charge is 0.497 e. The van der Waals surface area contributed by atoms with E-state index in [0.29, 0.717) is 27.8 Å². The van der Waals surface area contributed by atoms with E-state index in [-0.39, 0.29) is 24.5 Å². The van der Waals surface area contributed by atoms with E-state index in [2.05, 4.69) is 25.4 Å². The van der Waals surface area contributed by atoms with Crippen molar-refractivity contribution in [3.05, 3.63) is 41.0 Å². The molecule has 1 aromatic carbocycles. The second-order valence-corrected chi connectivity index (χ2v) is 7.84. The smallest absolute Gasteiger partial charge is 0.453 e. The summed E-state index contributed by atoms with van der Waals surface area (Å²) in [5, 5.41) is 6.74. The Hall–Kier alpha value is -3.28. The van der Waals surface area contributed by atoms with E-state index in [1.807, 2.05) is 6.07 Å². The zero-order valence-corrected chi connectivity index (χ0v) is 17.6. The first-order valence-corrected chi connectivity index (χ1v) is 10.0. The fourth-order valence-electron chi connectivity index (χ4n) is 3.20. The van der Waals surface area contributed by atoms with E-state index in [4.69, 9.17) is 4.74 Å². The monoisotopic (exact) mass is 450 g/mol. The van der Waals surface area contributed by atoms with Crippen LogP contribution in [0.25, 0.3) is 16.0 Å². The van der Waals surface area contributed by atoms with E-state index in [0.717, 1.165) is 14.7 Å². The molecule has 4 rings (SSSR count). The van der Waals surface area contributed by atoms with Gasteiger partial charge in [0.1, 0.15) is 5.75 Å². The van der Waals surface area contributed by atoms with Gasteiger partial charge in [0.25, 0.3) is 11.6 Å². The lowest BCUT2D eigenvalue weighted by molar-refractivity contribution is -0.144. The van der Waals surface area contributed by atoms with Crippen LogP contribution >= 0.6 is 11.3 Å². The van der Waals surface area contributed by atoms with Gasteiger partial charge in [0.2, 0.25) is 5.91 Å². The first-order valence-electron chi connectivity index (χ1n) is 9.20. The van der Waals surface area contributed by atoms with Crippen LogP contribution in [-0.2, 0) is 17.4 Å². The van der Waals surface area contributed by atoms with Gasteiger partial charge in [0, 0.05) is 17.8 Å². The zero-order valence-electron chi connectivity index (χ0n) is 16.7. The predicted molar refractivity (Wildman–Crippen MR) is 108 cm³/mol. The van der Waals surface area contributed by atoms with Crippen LogP contribution in [0.1, 0.15) is 29.2 Å². The minimum Gasteiger partial charge on any atom is -0.497 e. The van der Waals surface area contributed by atoms with Crippen molar-refractivity contribution in [2.45, 2.75) is 32.9 Å². The molecule has 0 radical (unpaired) electrons. The number of anilines is 1. The second-order valence-electron chi connectivity index (χ2n) is 6.81. The molecular formula is C19H17F3N6O2S. The van der Waals surface area contributed by atoms with Crippen molar-refractivity contribution < 1.29 is 22.7 Å². The summed E-state index contributed by atoms with van der Waals surface area (Å²) in [4.78, 5) is 24.4. The SMILES string of the molecule is COc1ccc2nc(NC(=O)CCc3c(C)nc4nc(C(F)(F)F)nn4c3C)sc2c1. The third kappa shape index (κ3) is 4.15. The highest BCUT2D eigenvalue weighted by atomic mass is 32.1. The second kappa shape index (κ2) is 7.76. The standard InChI is InChI=1S/C19H17F3N6O2S/c1-9-12(10(2)28-17(23-9)26-16(27-28)19(20,21)22)5-7-15(29)25-18-24-13-6-4-11(30-3)8-14(13)31-18/h4,6,8H,5,7H2,1-3H3,(H,24,25,29). The molecule has 0 saturated carbocycles. The van der Waals surface area contributed by atoms with E-state index < -0.39 is 12.0 Å². The Kier molecular flexibility index (Phi) is 5.25. The van der Waals surface area contributed by atoms with Crippen molar-refractivity contribution >= 4 is 38.4 Å². The first kappa shape index (κ1) is 21.0. The van der Waals surface area contributed by atoms with Gasteiger partial charge < -0.3 is 10.1 Å². The molecule has 3 aromatic heterocycles. The molecule has 0 aliphatic carbocycles. The van der Waals surface area contributed by atoms with Gasteiger partial charge in [-0.3, -0.25) is 4.79 Å². The molecule has 1 N–H and O–H groups in total. The number of nitrogens with one attached hydrogen (secondary N) is 1. The van der Waals surface area contributed by atoms with Gasteiger partial charge in [-0.2, -0.15) is 18.2 Å². The topological polar surface area (TPSA) is 94.3 Å². The van der Waals surface area contributed by atoms with Crippen LogP contribution in [0.15, 0.2) is 18.2 Å². The van der Waals surface area contributed by atoms with Crippen molar-refractivity contribution in [3.63, 3.8) is 0 Å². The normalized spacial score (nSPS) is 11.9. The van der Waals surface area contributed by atoms with Crippen LogP contribution in [0.3, 0.4) is 0 Å². The van der Waals surface area contributed by atoms with E-state index in [1.165, 1.54) is 11.3 Å². The van der Waals surface area contributed by atoms with E-state index >= 15 is 0 Å². The molecule has 0 saturated heterocycles. The number of ether oxygens (including phenoxy) is 1. The fraction of sp³-hybridized carbons (Fsp3) is 0.316. The van der Waals surface area contributed by atoms with Gasteiger partial charge in [-0.15, -0.1) is 5.10 Å². The number of aryl methyl sites for hydroxylation is 2. The number of hydrogen-bond acceptors (Lipinski definition) is 7. The Morgan fingerprint density at radius 3 is 2.71 bits per heavy atom. The molecule has 0 spiro atoms. The van der Waals surface area contributed by atoms with Crippen molar-refractivity contribution in [3.8, 4) is 5.75 Å². The molecule has 31 heavy (non-hydrogen) atoms. The third-order valence-electron chi connectivity index (χ3n) is 4.75. The Bertz CT molecular complexity index is 1300. The van der Waals surface area contributed by atoms with Gasteiger partial charge in [0.05, 0.1) is 17.3 Å². The number of thiazole rings is 1. The summed E-state index contributed by atoms with van der Waals surface area (Å²) in [6, 6.07) is 5.43. The number of alkyl halides is 3. The summed E-state index contributed by atoms with van der Waals surface area (Å²) in [5.74, 6) is -0.936. The molecular weight excluding hydrogens is 433 g/mol. The Morgan fingerprint density at radius 2 is 2.00 bits per heavy atom. The number of halogens is 3. The number of amides is 1. The van der Waals surface area contributed by atoms with Crippen molar-refractivity contribution in [1.29, 1.82) is 0 Å². The lowest BCUT2D eigenvalue weighted by Crippen LogP contribution is -2.14. The summed E-state index contributed by atoms with van der Waals surface area (Å²) < 4.78 is 45.8. The van der Waals surface area contributed by atoms with Crippen LogP contribution in [0.2, 0.25) is 0 Å². The average Bonchev–Trinajstić information content (AvgIpc) is 3.30. The average molecular weight is 450 g/mol. The Balaban J connectivity index is 1.50. The number of carbonyl (C=O) groups is 1. The fourth-order valence-corrected chi connectivity index (χ4v) is 4.11. The van der Waals surface area contributed by atoms with Crippen molar-refractivity contribution in [2.24, 2.45) is 0 Å². The zero-order chi connectivity index (χ0) is 22.3. The molecule has 0 aliphatic rings.